The quantitative estimate of drug-likeness (QED) is 0.665. The first-order valence-corrected chi connectivity index (χ1v) is 11.1. The molecule has 1 aliphatic rings. The second kappa shape index (κ2) is 7.91. The number of likely N-dealkylation sites (tertiary alicyclic amines) is 1. The number of nitrogens with zero attached hydrogens (tertiary/aromatic N) is 1. The van der Waals surface area contributed by atoms with Crippen LogP contribution in [0.15, 0.2) is 28.5 Å². The van der Waals surface area contributed by atoms with Gasteiger partial charge in [0.15, 0.2) is 0 Å². The summed E-state index contributed by atoms with van der Waals surface area (Å²) in [7, 11) is -2.22. The number of alkyl halides is 3. The van der Waals surface area contributed by atoms with Gasteiger partial charge in [-0.3, -0.25) is 4.72 Å². The van der Waals surface area contributed by atoms with Crippen molar-refractivity contribution in [1.82, 2.24) is 4.90 Å². The van der Waals surface area contributed by atoms with Crippen molar-refractivity contribution in [2.45, 2.75) is 22.9 Å². The Morgan fingerprint density at radius 3 is 2.54 bits per heavy atom. The predicted octanol–water partition coefficient (Wildman–Crippen LogP) is 4.96. The SMILES string of the molecule is CN1CCC(Oc2cc(NS(=O)(=O)c3cc(Cl)c(Cl)s3)ccc2C(F)(F)F)C1. The van der Waals surface area contributed by atoms with Crippen LogP contribution in [0.5, 0.6) is 5.75 Å². The van der Waals surface area contributed by atoms with Gasteiger partial charge in [0.05, 0.1) is 16.3 Å². The summed E-state index contributed by atoms with van der Waals surface area (Å²) in [6, 6.07) is 4.04. The van der Waals surface area contributed by atoms with E-state index in [-0.39, 0.29) is 19.3 Å². The number of nitrogens with one attached hydrogen (secondary N) is 1. The van der Waals surface area contributed by atoms with Gasteiger partial charge in [0, 0.05) is 19.2 Å². The van der Waals surface area contributed by atoms with Gasteiger partial charge in [0.25, 0.3) is 10.0 Å². The van der Waals surface area contributed by atoms with Crippen molar-refractivity contribution in [3.63, 3.8) is 0 Å². The van der Waals surface area contributed by atoms with E-state index >= 15 is 0 Å². The monoisotopic (exact) mass is 474 g/mol. The molecule has 28 heavy (non-hydrogen) atoms. The van der Waals surface area contributed by atoms with Crippen LogP contribution in [0.2, 0.25) is 9.36 Å². The van der Waals surface area contributed by atoms with Gasteiger partial charge < -0.3 is 9.64 Å². The third-order valence-corrected chi connectivity index (χ3v) is 7.79. The molecule has 0 spiro atoms. The molecule has 1 saturated heterocycles. The molecule has 0 radical (unpaired) electrons. The molecule has 0 saturated carbocycles. The van der Waals surface area contributed by atoms with Gasteiger partial charge in [-0.15, -0.1) is 11.3 Å². The number of ether oxygens (including phenoxy) is 1. The van der Waals surface area contributed by atoms with E-state index in [0.29, 0.717) is 19.5 Å². The van der Waals surface area contributed by atoms with E-state index in [1.165, 1.54) is 6.07 Å². The van der Waals surface area contributed by atoms with Crippen LogP contribution in [0.3, 0.4) is 0 Å². The van der Waals surface area contributed by atoms with Gasteiger partial charge in [-0.05, 0) is 31.7 Å². The highest BCUT2D eigenvalue weighted by atomic mass is 35.5. The Morgan fingerprint density at radius 2 is 2.00 bits per heavy atom. The Hall–Kier alpha value is -1.20. The Labute approximate surface area is 174 Å². The van der Waals surface area contributed by atoms with E-state index < -0.39 is 33.6 Å². The zero-order valence-corrected chi connectivity index (χ0v) is 17.5. The van der Waals surface area contributed by atoms with Crippen molar-refractivity contribution in [2.75, 3.05) is 24.9 Å². The molecule has 1 atom stereocenters. The van der Waals surface area contributed by atoms with E-state index in [9.17, 15) is 21.6 Å². The summed E-state index contributed by atoms with van der Waals surface area (Å²) in [5.41, 5.74) is -1.03. The third kappa shape index (κ3) is 4.85. The highest BCUT2D eigenvalue weighted by Crippen LogP contribution is 2.40. The molecule has 1 aliphatic heterocycles. The lowest BCUT2D eigenvalue weighted by molar-refractivity contribution is -0.139. The fraction of sp³-hybridized carbons (Fsp3) is 0.375. The maximum atomic E-state index is 13.3. The summed E-state index contributed by atoms with van der Waals surface area (Å²) in [5, 5.41) is 0.0776. The Kier molecular flexibility index (Phi) is 6.07. The van der Waals surface area contributed by atoms with Crippen LogP contribution >= 0.6 is 34.5 Å². The summed E-state index contributed by atoms with van der Waals surface area (Å²) >= 11 is 12.3. The Bertz CT molecular complexity index is 960. The number of thiophene rings is 1. The molecule has 2 heterocycles. The number of sulfonamides is 1. The first-order valence-electron chi connectivity index (χ1n) is 8.00. The molecule has 12 heteroatoms. The van der Waals surface area contributed by atoms with Crippen LogP contribution in [-0.2, 0) is 16.2 Å². The van der Waals surface area contributed by atoms with Crippen LogP contribution in [-0.4, -0.2) is 39.6 Å². The lowest BCUT2D eigenvalue weighted by atomic mass is 10.1. The normalized spacial score (nSPS) is 18.4. The lowest BCUT2D eigenvalue weighted by Gasteiger charge is -2.19. The fourth-order valence-electron chi connectivity index (χ4n) is 2.75. The molecular formula is C16H15Cl2F3N2O3S2. The molecule has 2 aromatic rings. The molecule has 1 unspecified atom stereocenters. The molecule has 1 aromatic heterocycles. The average molecular weight is 475 g/mol. The van der Waals surface area contributed by atoms with Crippen molar-refractivity contribution < 1.29 is 26.3 Å². The van der Waals surface area contributed by atoms with E-state index in [1.807, 2.05) is 11.9 Å². The molecule has 3 rings (SSSR count). The largest absolute Gasteiger partial charge is 0.488 e. The molecule has 0 amide bonds. The van der Waals surface area contributed by atoms with E-state index in [2.05, 4.69) is 4.72 Å². The minimum Gasteiger partial charge on any atom is -0.488 e. The van der Waals surface area contributed by atoms with Gasteiger partial charge in [-0.25, -0.2) is 8.42 Å². The standard InChI is InChI=1S/C16H15Cl2F3N2O3S2/c1-23-5-4-10(8-23)26-13-6-9(2-3-11(13)16(19,20)21)22-28(24,25)14-7-12(17)15(18)27-14/h2-3,6-7,10,22H,4-5,8H2,1H3. The minimum atomic E-state index is -4.63. The van der Waals surface area contributed by atoms with Crippen LogP contribution in [0, 0.1) is 0 Å². The number of halogens is 5. The van der Waals surface area contributed by atoms with Crippen LogP contribution < -0.4 is 9.46 Å². The highest BCUT2D eigenvalue weighted by molar-refractivity contribution is 7.94. The van der Waals surface area contributed by atoms with Crippen molar-refractivity contribution in [1.29, 1.82) is 0 Å². The summed E-state index contributed by atoms with van der Waals surface area (Å²) in [5.74, 6) is -0.421. The lowest BCUT2D eigenvalue weighted by Crippen LogP contribution is -2.23. The van der Waals surface area contributed by atoms with Gasteiger partial charge in [-0.1, -0.05) is 23.2 Å². The molecule has 0 bridgehead atoms. The van der Waals surface area contributed by atoms with E-state index in [4.69, 9.17) is 27.9 Å². The molecule has 154 valence electrons. The molecule has 1 aromatic carbocycles. The second-order valence-corrected chi connectivity index (χ2v) is 10.3. The Balaban J connectivity index is 1.90. The summed E-state index contributed by atoms with van der Waals surface area (Å²) in [4.78, 5) is 1.94. The number of rotatable bonds is 5. The van der Waals surface area contributed by atoms with Crippen LogP contribution in [0.4, 0.5) is 18.9 Å². The number of hydrogen-bond donors (Lipinski definition) is 1. The number of likely N-dealkylation sites (N-methyl/N-ethyl adjacent to an activating group) is 1. The Morgan fingerprint density at radius 1 is 1.29 bits per heavy atom. The fourth-order valence-corrected chi connectivity index (χ4v) is 5.68. The molecule has 0 aliphatic carbocycles. The third-order valence-electron chi connectivity index (χ3n) is 4.07. The maximum Gasteiger partial charge on any atom is 0.419 e. The number of benzene rings is 1. The van der Waals surface area contributed by atoms with Gasteiger partial charge in [-0.2, -0.15) is 13.2 Å². The second-order valence-electron chi connectivity index (χ2n) is 6.29. The predicted molar refractivity (Wildman–Crippen MR) is 103 cm³/mol. The zero-order valence-electron chi connectivity index (χ0n) is 14.4. The zero-order chi connectivity index (χ0) is 20.7. The van der Waals surface area contributed by atoms with Gasteiger partial charge in [0.2, 0.25) is 0 Å². The van der Waals surface area contributed by atoms with Crippen LogP contribution in [0.25, 0.3) is 0 Å². The van der Waals surface area contributed by atoms with Crippen molar-refractivity contribution in [3.05, 3.63) is 39.2 Å². The highest BCUT2D eigenvalue weighted by Gasteiger charge is 2.36. The summed E-state index contributed by atoms with van der Waals surface area (Å²) < 4.78 is 72.6. The minimum absolute atomic E-state index is 0.0602. The molecule has 1 fully saturated rings. The molecule has 1 N–H and O–H groups in total. The van der Waals surface area contributed by atoms with Crippen molar-refractivity contribution in [3.8, 4) is 5.75 Å². The number of anilines is 1. The average Bonchev–Trinajstić information content (AvgIpc) is 3.12. The van der Waals surface area contributed by atoms with Crippen molar-refractivity contribution >= 4 is 50.2 Å². The van der Waals surface area contributed by atoms with Gasteiger partial charge in [0.1, 0.15) is 20.4 Å². The van der Waals surface area contributed by atoms with E-state index in [1.54, 1.807) is 0 Å². The topological polar surface area (TPSA) is 58.6 Å². The summed E-state index contributed by atoms with van der Waals surface area (Å²) in [6.07, 6.45) is -4.46. The van der Waals surface area contributed by atoms with Crippen molar-refractivity contribution in [2.24, 2.45) is 0 Å². The van der Waals surface area contributed by atoms with E-state index in [0.717, 1.165) is 29.5 Å². The summed E-state index contributed by atoms with van der Waals surface area (Å²) in [6.45, 7) is 1.19. The first-order chi connectivity index (χ1) is 13.0. The first kappa shape index (κ1) is 21.5. The van der Waals surface area contributed by atoms with Crippen LogP contribution in [0.1, 0.15) is 12.0 Å². The van der Waals surface area contributed by atoms with Gasteiger partial charge >= 0.3 is 6.18 Å². The molecular weight excluding hydrogens is 460 g/mol. The number of hydrogen-bond acceptors (Lipinski definition) is 5. The maximum absolute atomic E-state index is 13.3. The smallest absolute Gasteiger partial charge is 0.419 e. The molecule has 5 nitrogen and oxygen atoms in total.